The van der Waals surface area contributed by atoms with Crippen LogP contribution in [0.4, 0.5) is 0 Å². The molecule has 0 aliphatic heterocycles. The normalized spacial score (nSPS) is 10.7. The number of methoxy groups -OCH3 is 2. The minimum Gasteiger partial charge on any atom is -0.497 e. The zero-order valence-electron chi connectivity index (χ0n) is 15.6. The van der Waals surface area contributed by atoms with Crippen LogP contribution in [0.2, 0.25) is 0 Å². The molecule has 3 aromatic rings. The molecule has 6 nitrogen and oxygen atoms in total. The Labute approximate surface area is 156 Å². The van der Waals surface area contributed by atoms with Crippen LogP contribution in [-0.2, 0) is 11.3 Å². The topological polar surface area (TPSA) is 75.0 Å². The molecule has 0 fully saturated rings. The summed E-state index contributed by atoms with van der Waals surface area (Å²) in [6.07, 6.45) is 0. The van der Waals surface area contributed by atoms with E-state index in [4.69, 9.17) is 18.6 Å². The number of fused-ring (bicyclic) bond motifs is 1. The van der Waals surface area contributed by atoms with Crippen LogP contribution in [-0.4, -0.2) is 26.0 Å². The summed E-state index contributed by atoms with van der Waals surface area (Å²) in [7, 11) is 3.10. The number of carbonyl (C=O) groups is 2. The Balaban J connectivity index is 1.84. The molecule has 1 aromatic heterocycles. The van der Waals surface area contributed by atoms with Gasteiger partial charge in [0.25, 0.3) is 0 Å². The number of carbonyl (C=O) groups excluding carboxylic acids is 2. The Morgan fingerprint density at radius 1 is 1.04 bits per heavy atom. The summed E-state index contributed by atoms with van der Waals surface area (Å²) in [5.41, 5.74) is 2.39. The van der Waals surface area contributed by atoms with Gasteiger partial charge in [0.2, 0.25) is 5.76 Å². The summed E-state index contributed by atoms with van der Waals surface area (Å²) in [5.74, 6) is 0.696. The summed E-state index contributed by atoms with van der Waals surface area (Å²) in [6, 6.07) is 10.3. The molecule has 1 heterocycles. The van der Waals surface area contributed by atoms with Crippen LogP contribution >= 0.6 is 0 Å². The van der Waals surface area contributed by atoms with Gasteiger partial charge in [-0.1, -0.05) is 0 Å². The average Bonchev–Trinajstić information content (AvgIpc) is 3.01. The van der Waals surface area contributed by atoms with Gasteiger partial charge in [-0.05, 0) is 50.2 Å². The van der Waals surface area contributed by atoms with Crippen LogP contribution in [0, 0.1) is 6.92 Å². The van der Waals surface area contributed by atoms with Gasteiger partial charge in [0.1, 0.15) is 23.7 Å². The standard InChI is InChI=1S/C21H20O6/c1-12-17-10-16(24-3)6-8-19(17)27-20(12)21(23)26-11-15-9-14(13(2)22)5-7-18(15)25-4/h5-10H,11H2,1-4H3. The summed E-state index contributed by atoms with van der Waals surface area (Å²) < 4.78 is 21.5. The fraction of sp³-hybridized carbons (Fsp3) is 0.238. The number of furan rings is 1. The fourth-order valence-electron chi connectivity index (χ4n) is 2.84. The molecular formula is C21H20O6. The van der Waals surface area contributed by atoms with Crippen LogP contribution in [0.15, 0.2) is 40.8 Å². The lowest BCUT2D eigenvalue weighted by atomic mass is 10.1. The van der Waals surface area contributed by atoms with Crippen LogP contribution in [0.5, 0.6) is 11.5 Å². The number of benzene rings is 2. The number of esters is 1. The van der Waals surface area contributed by atoms with Crippen LogP contribution in [0.1, 0.15) is 39.0 Å². The Morgan fingerprint density at radius 3 is 2.48 bits per heavy atom. The maximum atomic E-state index is 12.5. The lowest BCUT2D eigenvalue weighted by Crippen LogP contribution is -2.07. The van der Waals surface area contributed by atoms with Crippen molar-refractivity contribution in [2.75, 3.05) is 14.2 Å². The summed E-state index contributed by atoms with van der Waals surface area (Å²) in [4.78, 5) is 24.1. The van der Waals surface area contributed by atoms with E-state index < -0.39 is 5.97 Å². The molecule has 0 bridgehead atoms. The van der Waals surface area contributed by atoms with E-state index in [-0.39, 0.29) is 18.2 Å². The SMILES string of the molecule is COc1ccc2oc(C(=O)OCc3cc(C(C)=O)ccc3OC)c(C)c2c1. The second-order valence-electron chi connectivity index (χ2n) is 6.08. The molecule has 0 saturated carbocycles. The van der Waals surface area contributed by atoms with E-state index in [9.17, 15) is 9.59 Å². The summed E-state index contributed by atoms with van der Waals surface area (Å²) >= 11 is 0. The second-order valence-corrected chi connectivity index (χ2v) is 6.08. The minimum atomic E-state index is -0.585. The Hall–Kier alpha value is -3.28. The van der Waals surface area contributed by atoms with Gasteiger partial charge in [-0.15, -0.1) is 0 Å². The number of ether oxygens (including phenoxy) is 3. The Kier molecular flexibility index (Phi) is 5.16. The first-order valence-corrected chi connectivity index (χ1v) is 8.36. The molecule has 0 N–H and O–H groups in total. The highest BCUT2D eigenvalue weighted by Gasteiger charge is 2.20. The lowest BCUT2D eigenvalue weighted by Gasteiger charge is -2.10. The number of hydrogen-bond donors (Lipinski definition) is 0. The molecule has 2 aromatic carbocycles. The number of Topliss-reactive ketones (excluding diaryl/α,β-unsaturated/α-hetero) is 1. The Morgan fingerprint density at radius 2 is 1.81 bits per heavy atom. The fourth-order valence-corrected chi connectivity index (χ4v) is 2.84. The first kappa shape index (κ1) is 18.5. The maximum absolute atomic E-state index is 12.5. The van der Waals surface area contributed by atoms with Crippen molar-refractivity contribution in [3.05, 3.63) is 58.8 Å². The van der Waals surface area contributed by atoms with Crippen molar-refractivity contribution < 1.29 is 28.2 Å². The predicted octanol–water partition coefficient (Wildman–Crippen LogP) is 4.32. The molecule has 0 atom stereocenters. The van der Waals surface area contributed by atoms with Crippen molar-refractivity contribution in [2.45, 2.75) is 20.5 Å². The van der Waals surface area contributed by atoms with E-state index in [1.54, 1.807) is 44.4 Å². The van der Waals surface area contributed by atoms with Crippen LogP contribution in [0.25, 0.3) is 11.0 Å². The predicted molar refractivity (Wildman–Crippen MR) is 99.6 cm³/mol. The van der Waals surface area contributed by atoms with Gasteiger partial charge in [-0.3, -0.25) is 4.79 Å². The molecule has 0 aliphatic rings. The number of aryl methyl sites for hydroxylation is 1. The number of rotatable bonds is 6. The monoisotopic (exact) mass is 368 g/mol. The maximum Gasteiger partial charge on any atom is 0.374 e. The molecule has 0 aliphatic carbocycles. The molecule has 140 valence electrons. The van der Waals surface area contributed by atoms with Crippen molar-refractivity contribution in [1.29, 1.82) is 0 Å². The van der Waals surface area contributed by atoms with Crippen molar-refractivity contribution in [3.63, 3.8) is 0 Å². The van der Waals surface area contributed by atoms with Crippen molar-refractivity contribution in [2.24, 2.45) is 0 Å². The number of hydrogen-bond acceptors (Lipinski definition) is 6. The first-order chi connectivity index (χ1) is 12.9. The van der Waals surface area contributed by atoms with Crippen molar-refractivity contribution in [3.8, 4) is 11.5 Å². The third kappa shape index (κ3) is 3.65. The highest BCUT2D eigenvalue weighted by molar-refractivity contribution is 5.96. The molecule has 0 unspecified atom stereocenters. The minimum absolute atomic E-state index is 0.0388. The highest BCUT2D eigenvalue weighted by atomic mass is 16.5. The molecule has 27 heavy (non-hydrogen) atoms. The third-order valence-electron chi connectivity index (χ3n) is 4.37. The largest absolute Gasteiger partial charge is 0.497 e. The van der Waals surface area contributed by atoms with E-state index in [1.165, 1.54) is 14.0 Å². The third-order valence-corrected chi connectivity index (χ3v) is 4.37. The molecular weight excluding hydrogens is 348 g/mol. The van der Waals surface area contributed by atoms with Gasteiger partial charge >= 0.3 is 5.97 Å². The molecule has 0 saturated heterocycles. The first-order valence-electron chi connectivity index (χ1n) is 8.36. The van der Waals surface area contributed by atoms with E-state index in [0.29, 0.717) is 33.8 Å². The van der Waals surface area contributed by atoms with Crippen molar-refractivity contribution in [1.82, 2.24) is 0 Å². The Bertz CT molecular complexity index is 1010. The van der Waals surface area contributed by atoms with E-state index >= 15 is 0 Å². The molecule has 0 amide bonds. The smallest absolute Gasteiger partial charge is 0.374 e. The average molecular weight is 368 g/mol. The zero-order valence-corrected chi connectivity index (χ0v) is 15.6. The van der Waals surface area contributed by atoms with Gasteiger partial charge in [0.15, 0.2) is 5.78 Å². The quantitative estimate of drug-likeness (QED) is 0.476. The van der Waals surface area contributed by atoms with Crippen LogP contribution in [0.3, 0.4) is 0 Å². The second kappa shape index (κ2) is 7.53. The van der Waals surface area contributed by atoms with Gasteiger partial charge in [-0.25, -0.2) is 4.79 Å². The molecule has 3 rings (SSSR count). The highest BCUT2D eigenvalue weighted by Crippen LogP contribution is 2.29. The van der Waals surface area contributed by atoms with Gasteiger partial charge in [0.05, 0.1) is 14.2 Å². The van der Waals surface area contributed by atoms with Gasteiger partial charge < -0.3 is 18.6 Å². The van der Waals surface area contributed by atoms with Crippen molar-refractivity contribution >= 4 is 22.7 Å². The molecule has 0 radical (unpaired) electrons. The lowest BCUT2D eigenvalue weighted by molar-refractivity contribution is 0.0435. The van der Waals surface area contributed by atoms with Gasteiger partial charge in [-0.2, -0.15) is 0 Å². The van der Waals surface area contributed by atoms with E-state index in [1.807, 2.05) is 6.07 Å². The van der Waals surface area contributed by atoms with Crippen LogP contribution < -0.4 is 9.47 Å². The zero-order chi connectivity index (χ0) is 19.6. The van der Waals surface area contributed by atoms with E-state index in [0.717, 1.165) is 5.39 Å². The van der Waals surface area contributed by atoms with Gasteiger partial charge in [0, 0.05) is 22.1 Å². The number of ketones is 1. The summed E-state index contributed by atoms with van der Waals surface area (Å²) in [5, 5.41) is 0.789. The summed E-state index contributed by atoms with van der Waals surface area (Å²) in [6.45, 7) is 3.23. The molecule has 0 spiro atoms. The molecule has 6 heteroatoms. The van der Waals surface area contributed by atoms with E-state index in [2.05, 4.69) is 0 Å².